The third-order valence-electron chi connectivity index (χ3n) is 3.55. The number of hydrogen-bond acceptors (Lipinski definition) is 4. The first-order chi connectivity index (χ1) is 9.22. The summed E-state index contributed by atoms with van der Waals surface area (Å²) >= 11 is 0. The van der Waals surface area contributed by atoms with Crippen molar-refractivity contribution in [2.75, 3.05) is 46.4 Å². The first-order valence-corrected chi connectivity index (χ1v) is 6.73. The van der Waals surface area contributed by atoms with E-state index in [0.717, 1.165) is 51.4 Å². The van der Waals surface area contributed by atoms with Gasteiger partial charge in [-0.1, -0.05) is 0 Å². The molecule has 6 nitrogen and oxygen atoms in total. The van der Waals surface area contributed by atoms with Gasteiger partial charge in [0.05, 0.1) is 18.4 Å². The number of nitrogens with one attached hydrogen (secondary N) is 1. The molecule has 1 aromatic rings. The van der Waals surface area contributed by atoms with Crippen LogP contribution in [-0.2, 0) is 4.74 Å². The van der Waals surface area contributed by atoms with E-state index in [1.54, 1.807) is 13.3 Å². The maximum Gasteiger partial charge on any atom is 0.257 e. The van der Waals surface area contributed by atoms with E-state index in [2.05, 4.69) is 15.1 Å². The number of aryl methyl sites for hydroxylation is 1. The van der Waals surface area contributed by atoms with Crippen LogP contribution in [-0.4, -0.2) is 72.3 Å². The van der Waals surface area contributed by atoms with E-state index in [-0.39, 0.29) is 5.91 Å². The minimum atomic E-state index is 0.0832. The predicted molar refractivity (Wildman–Crippen MR) is 72.2 cm³/mol. The second-order valence-corrected chi connectivity index (χ2v) is 4.89. The third-order valence-corrected chi connectivity index (χ3v) is 3.55. The van der Waals surface area contributed by atoms with E-state index < -0.39 is 0 Å². The second-order valence-electron chi connectivity index (χ2n) is 4.89. The zero-order valence-electron chi connectivity index (χ0n) is 11.7. The van der Waals surface area contributed by atoms with Crippen molar-refractivity contribution < 1.29 is 9.53 Å². The fourth-order valence-corrected chi connectivity index (χ4v) is 2.35. The molecule has 0 spiro atoms. The number of H-pyrrole nitrogens is 1. The van der Waals surface area contributed by atoms with Crippen molar-refractivity contribution in [3.05, 3.63) is 17.5 Å². The highest BCUT2D eigenvalue weighted by Gasteiger charge is 2.22. The molecule has 1 saturated heterocycles. The molecule has 1 fully saturated rings. The lowest BCUT2D eigenvalue weighted by Gasteiger charge is -2.21. The van der Waals surface area contributed by atoms with Gasteiger partial charge in [-0.25, -0.2) is 0 Å². The SMILES string of the molecule is COCCN1CCCN(C(=O)c2cn[nH]c2C)CC1. The molecule has 1 amide bonds. The Morgan fingerprint density at radius 1 is 1.42 bits per heavy atom. The number of aromatic amines is 1. The number of aromatic nitrogens is 2. The minimum Gasteiger partial charge on any atom is -0.383 e. The van der Waals surface area contributed by atoms with Crippen molar-refractivity contribution in [3.63, 3.8) is 0 Å². The predicted octanol–water partition coefficient (Wildman–Crippen LogP) is 0.512. The smallest absolute Gasteiger partial charge is 0.257 e. The van der Waals surface area contributed by atoms with Crippen LogP contribution in [0.5, 0.6) is 0 Å². The van der Waals surface area contributed by atoms with Crippen LogP contribution < -0.4 is 0 Å². The Bertz CT molecular complexity index is 419. The first kappa shape index (κ1) is 14.0. The average molecular weight is 266 g/mol. The van der Waals surface area contributed by atoms with Crippen molar-refractivity contribution >= 4 is 5.91 Å². The van der Waals surface area contributed by atoms with Gasteiger partial charge in [-0.3, -0.25) is 14.8 Å². The van der Waals surface area contributed by atoms with Crippen molar-refractivity contribution in [2.24, 2.45) is 0 Å². The number of ether oxygens (including phenoxy) is 1. The zero-order valence-corrected chi connectivity index (χ0v) is 11.7. The second kappa shape index (κ2) is 6.68. The fourth-order valence-electron chi connectivity index (χ4n) is 2.35. The number of amides is 1. The van der Waals surface area contributed by atoms with E-state index in [1.807, 2.05) is 11.8 Å². The molecule has 1 aromatic heterocycles. The van der Waals surface area contributed by atoms with Gasteiger partial charge in [0.2, 0.25) is 0 Å². The summed E-state index contributed by atoms with van der Waals surface area (Å²) in [7, 11) is 1.72. The molecule has 0 saturated carbocycles. The van der Waals surface area contributed by atoms with Gasteiger partial charge < -0.3 is 9.64 Å². The zero-order chi connectivity index (χ0) is 13.7. The molecule has 1 N–H and O–H groups in total. The molecule has 0 bridgehead atoms. The Morgan fingerprint density at radius 2 is 2.26 bits per heavy atom. The average Bonchev–Trinajstić information content (AvgIpc) is 2.71. The summed E-state index contributed by atoms with van der Waals surface area (Å²) in [5.74, 6) is 0.0832. The van der Waals surface area contributed by atoms with E-state index in [9.17, 15) is 4.79 Å². The largest absolute Gasteiger partial charge is 0.383 e. The van der Waals surface area contributed by atoms with Crippen LogP contribution in [0.1, 0.15) is 22.5 Å². The molecule has 6 heteroatoms. The highest BCUT2D eigenvalue weighted by molar-refractivity contribution is 5.95. The van der Waals surface area contributed by atoms with Gasteiger partial charge in [0.15, 0.2) is 0 Å². The number of carbonyl (C=O) groups excluding carboxylic acids is 1. The summed E-state index contributed by atoms with van der Waals surface area (Å²) in [6.07, 6.45) is 2.62. The van der Waals surface area contributed by atoms with Gasteiger partial charge in [-0.05, 0) is 19.9 Å². The van der Waals surface area contributed by atoms with Crippen LogP contribution in [0.15, 0.2) is 6.20 Å². The van der Waals surface area contributed by atoms with Crippen LogP contribution in [0.25, 0.3) is 0 Å². The van der Waals surface area contributed by atoms with E-state index in [4.69, 9.17) is 4.74 Å². The molecule has 0 aliphatic carbocycles. The maximum absolute atomic E-state index is 12.4. The Hall–Kier alpha value is -1.40. The molecular formula is C13H22N4O2. The van der Waals surface area contributed by atoms with Crippen LogP contribution in [0.2, 0.25) is 0 Å². The van der Waals surface area contributed by atoms with Crippen molar-refractivity contribution in [2.45, 2.75) is 13.3 Å². The maximum atomic E-state index is 12.4. The quantitative estimate of drug-likeness (QED) is 0.862. The molecule has 1 aliphatic rings. The topological polar surface area (TPSA) is 61.5 Å². The lowest BCUT2D eigenvalue weighted by molar-refractivity contribution is 0.0758. The highest BCUT2D eigenvalue weighted by Crippen LogP contribution is 2.10. The van der Waals surface area contributed by atoms with Gasteiger partial charge >= 0.3 is 0 Å². The Labute approximate surface area is 113 Å². The standard InChI is InChI=1S/C13H22N4O2/c1-11-12(10-14-15-11)13(18)17-5-3-4-16(6-7-17)8-9-19-2/h10H,3-9H2,1-2H3,(H,14,15). The highest BCUT2D eigenvalue weighted by atomic mass is 16.5. The third kappa shape index (κ3) is 3.54. The molecule has 19 heavy (non-hydrogen) atoms. The monoisotopic (exact) mass is 266 g/mol. The Balaban J connectivity index is 1.92. The summed E-state index contributed by atoms with van der Waals surface area (Å²) in [4.78, 5) is 16.6. The summed E-state index contributed by atoms with van der Waals surface area (Å²) < 4.78 is 5.10. The number of hydrogen-bond donors (Lipinski definition) is 1. The lowest BCUT2D eigenvalue weighted by atomic mass is 10.2. The van der Waals surface area contributed by atoms with Crippen LogP contribution in [0, 0.1) is 6.92 Å². The summed E-state index contributed by atoms with van der Waals surface area (Å²) in [5, 5.41) is 6.73. The van der Waals surface area contributed by atoms with Crippen LogP contribution in [0.4, 0.5) is 0 Å². The van der Waals surface area contributed by atoms with Gasteiger partial charge in [0.25, 0.3) is 5.91 Å². The molecule has 106 valence electrons. The summed E-state index contributed by atoms with van der Waals surface area (Å²) in [6.45, 7) is 7.07. The van der Waals surface area contributed by atoms with E-state index in [0.29, 0.717) is 5.56 Å². The first-order valence-electron chi connectivity index (χ1n) is 6.73. The summed E-state index contributed by atoms with van der Waals surface area (Å²) in [6, 6.07) is 0. The van der Waals surface area contributed by atoms with Gasteiger partial charge in [0.1, 0.15) is 0 Å². The molecule has 2 rings (SSSR count). The van der Waals surface area contributed by atoms with Gasteiger partial charge in [-0.15, -0.1) is 0 Å². The van der Waals surface area contributed by atoms with Gasteiger partial charge in [-0.2, -0.15) is 5.10 Å². The Morgan fingerprint density at radius 3 is 2.95 bits per heavy atom. The molecular weight excluding hydrogens is 244 g/mol. The van der Waals surface area contributed by atoms with Crippen molar-refractivity contribution in [1.82, 2.24) is 20.0 Å². The van der Waals surface area contributed by atoms with Crippen LogP contribution >= 0.6 is 0 Å². The number of carbonyl (C=O) groups is 1. The molecule has 0 atom stereocenters. The fraction of sp³-hybridized carbons (Fsp3) is 0.692. The van der Waals surface area contributed by atoms with Crippen LogP contribution in [0.3, 0.4) is 0 Å². The molecule has 0 unspecified atom stereocenters. The molecule has 1 aliphatic heterocycles. The minimum absolute atomic E-state index is 0.0832. The summed E-state index contributed by atoms with van der Waals surface area (Å²) in [5.41, 5.74) is 1.52. The van der Waals surface area contributed by atoms with Crippen molar-refractivity contribution in [3.8, 4) is 0 Å². The molecule has 0 radical (unpaired) electrons. The normalized spacial score (nSPS) is 17.5. The van der Waals surface area contributed by atoms with Gasteiger partial charge in [0, 0.05) is 39.0 Å². The Kier molecular flexibility index (Phi) is 4.93. The molecule has 2 heterocycles. The van der Waals surface area contributed by atoms with E-state index in [1.165, 1.54) is 0 Å². The van der Waals surface area contributed by atoms with E-state index >= 15 is 0 Å². The molecule has 0 aromatic carbocycles. The lowest BCUT2D eigenvalue weighted by Crippen LogP contribution is -2.36. The number of nitrogens with zero attached hydrogens (tertiary/aromatic N) is 3. The number of methoxy groups -OCH3 is 1. The van der Waals surface area contributed by atoms with Crippen molar-refractivity contribution in [1.29, 1.82) is 0 Å². The number of rotatable bonds is 4.